The zero-order valence-electron chi connectivity index (χ0n) is 9.80. The van der Waals surface area contributed by atoms with E-state index in [1.165, 1.54) is 25.8 Å². The van der Waals surface area contributed by atoms with Crippen LogP contribution in [-0.2, 0) is 6.54 Å². The number of likely N-dealkylation sites (tertiary alicyclic amines) is 1. The van der Waals surface area contributed by atoms with Gasteiger partial charge in [-0.3, -0.25) is 4.79 Å². The Balaban J connectivity index is 1.89. The summed E-state index contributed by atoms with van der Waals surface area (Å²) in [4.78, 5) is 17.1. The van der Waals surface area contributed by atoms with Gasteiger partial charge in [0, 0.05) is 25.0 Å². The van der Waals surface area contributed by atoms with Crippen molar-refractivity contribution in [1.82, 2.24) is 14.5 Å². The number of rotatable bonds is 4. The molecule has 4 heteroatoms. The van der Waals surface area contributed by atoms with Crippen LogP contribution in [0.1, 0.15) is 36.3 Å². The molecule has 1 aromatic rings. The molecular formula is C12H19N3O. The van der Waals surface area contributed by atoms with Crippen LogP contribution in [0.5, 0.6) is 0 Å². The molecule has 1 aromatic heterocycles. The molecule has 4 nitrogen and oxygen atoms in total. The summed E-state index contributed by atoms with van der Waals surface area (Å²) in [5.74, 6) is 0.540. The minimum Gasteiger partial charge on any atom is -0.329 e. The maximum absolute atomic E-state index is 10.7. The zero-order chi connectivity index (χ0) is 11.4. The van der Waals surface area contributed by atoms with Gasteiger partial charge in [-0.2, -0.15) is 0 Å². The molecule has 2 rings (SSSR count). The topological polar surface area (TPSA) is 38.1 Å². The van der Waals surface area contributed by atoms with E-state index in [9.17, 15) is 4.79 Å². The molecule has 16 heavy (non-hydrogen) atoms. The standard InChI is InChI=1S/C12H19N3O/c1-14-7-3-2-4-11(14)5-8-15-9-6-13-12(15)10-16/h6,9-11H,2-5,7-8H2,1H3. The molecule has 0 N–H and O–H groups in total. The Labute approximate surface area is 96.3 Å². The number of hydrogen-bond acceptors (Lipinski definition) is 3. The van der Waals surface area contributed by atoms with E-state index in [4.69, 9.17) is 0 Å². The van der Waals surface area contributed by atoms with Crippen molar-refractivity contribution in [1.29, 1.82) is 0 Å². The number of aromatic nitrogens is 2. The van der Waals surface area contributed by atoms with Crippen molar-refractivity contribution < 1.29 is 4.79 Å². The van der Waals surface area contributed by atoms with E-state index in [-0.39, 0.29) is 0 Å². The maximum Gasteiger partial charge on any atom is 0.185 e. The molecule has 1 atom stereocenters. The Morgan fingerprint density at radius 2 is 2.44 bits per heavy atom. The van der Waals surface area contributed by atoms with Crippen molar-refractivity contribution >= 4 is 6.29 Å². The number of nitrogens with zero attached hydrogens (tertiary/aromatic N) is 3. The van der Waals surface area contributed by atoms with Gasteiger partial charge in [0.2, 0.25) is 0 Å². The fourth-order valence-corrected chi connectivity index (χ4v) is 2.42. The molecule has 0 radical (unpaired) electrons. The highest BCUT2D eigenvalue weighted by molar-refractivity contribution is 5.69. The second-order valence-electron chi connectivity index (χ2n) is 4.52. The quantitative estimate of drug-likeness (QED) is 0.724. The summed E-state index contributed by atoms with van der Waals surface area (Å²) < 4.78 is 1.94. The molecule has 0 saturated carbocycles. The van der Waals surface area contributed by atoms with Crippen LogP contribution in [0.15, 0.2) is 12.4 Å². The number of imidazole rings is 1. The fraction of sp³-hybridized carbons (Fsp3) is 0.667. The highest BCUT2D eigenvalue weighted by Crippen LogP contribution is 2.18. The molecule has 1 saturated heterocycles. The zero-order valence-corrected chi connectivity index (χ0v) is 9.80. The third-order valence-electron chi connectivity index (χ3n) is 3.48. The summed E-state index contributed by atoms with van der Waals surface area (Å²) in [6, 6.07) is 0.663. The predicted octanol–water partition coefficient (Wildman–Crippen LogP) is 1.57. The van der Waals surface area contributed by atoms with Crippen LogP contribution in [0.2, 0.25) is 0 Å². The summed E-state index contributed by atoms with van der Waals surface area (Å²) in [6.45, 7) is 2.10. The number of aryl methyl sites for hydroxylation is 1. The van der Waals surface area contributed by atoms with E-state index >= 15 is 0 Å². The second-order valence-corrected chi connectivity index (χ2v) is 4.52. The number of hydrogen-bond donors (Lipinski definition) is 0. The molecule has 0 bridgehead atoms. The summed E-state index contributed by atoms with van der Waals surface area (Å²) >= 11 is 0. The third kappa shape index (κ3) is 2.50. The Kier molecular flexibility index (Phi) is 3.72. The molecule has 0 spiro atoms. The molecule has 0 aromatic carbocycles. The lowest BCUT2D eigenvalue weighted by atomic mass is 10.0. The van der Waals surface area contributed by atoms with Gasteiger partial charge in [-0.15, -0.1) is 0 Å². The molecule has 1 aliphatic rings. The van der Waals surface area contributed by atoms with Gasteiger partial charge < -0.3 is 9.47 Å². The minimum atomic E-state index is 0.540. The van der Waals surface area contributed by atoms with Gasteiger partial charge in [0.1, 0.15) is 0 Å². The summed E-state index contributed by atoms with van der Waals surface area (Å²) in [5, 5.41) is 0. The number of carbonyl (C=O) groups is 1. The van der Waals surface area contributed by atoms with Crippen molar-refractivity contribution in [2.24, 2.45) is 0 Å². The van der Waals surface area contributed by atoms with Crippen LogP contribution in [0.4, 0.5) is 0 Å². The molecule has 2 heterocycles. The van der Waals surface area contributed by atoms with E-state index < -0.39 is 0 Å². The molecule has 1 unspecified atom stereocenters. The number of carbonyl (C=O) groups excluding carboxylic acids is 1. The minimum absolute atomic E-state index is 0.540. The Hall–Kier alpha value is -1.16. The van der Waals surface area contributed by atoms with Crippen molar-refractivity contribution in [3.63, 3.8) is 0 Å². The first-order valence-corrected chi connectivity index (χ1v) is 5.98. The molecular weight excluding hydrogens is 202 g/mol. The van der Waals surface area contributed by atoms with Crippen molar-refractivity contribution in [3.05, 3.63) is 18.2 Å². The fourth-order valence-electron chi connectivity index (χ4n) is 2.42. The monoisotopic (exact) mass is 221 g/mol. The highest BCUT2D eigenvalue weighted by Gasteiger charge is 2.18. The van der Waals surface area contributed by atoms with E-state index in [0.29, 0.717) is 11.9 Å². The first kappa shape index (κ1) is 11.3. The summed E-state index contributed by atoms with van der Waals surface area (Å²) in [7, 11) is 2.19. The van der Waals surface area contributed by atoms with Crippen LogP contribution in [0.3, 0.4) is 0 Å². The average molecular weight is 221 g/mol. The SMILES string of the molecule is CN1CCCCC1CCn1ccnc1C=O. The smallest absolute Gasteiger partial charge is 0.185 e. The lowest BCUT2D eigenvalue weighted by Gasteiger charge is -2.32. The second kappa shape index (κ2) is 5.25. The van der Waals surface area contributed by atoms with Crippen molar-refractivity contribution in [2.75, 3.05) is 13.6 Å². The van der Waals surface area contributed by atoms with E-state index in [1.807, 2.05) is 10.8 Å². The number of aldehydes is 1. The van der Waals surface area contributed by atoms with Crippen molar-refractivity contribution in [2.45, 2.75) is 38.3 Å². The van der Waals surface area contributed by atoms with E-state index in [0.717, 1.165) is 19.3 Å². The molecule has 1 aliphatic heterocycles. The average Bonchev–Trinajstić information content (AvgIpc) is 2.75. The van der Waals surface area contributed by atoms with Gasteiger partial charge in [0.15, 0.2) is 12.1 Å². The summed E-state index contributed by atoms with van der Waals surface area (Å²) in [5.41, 5.74) is 0. The normalized spacial score (nSPS) is 22.2. The van der Waals surface area contributed by atoms with Gasteiger partial charge in [0.05, 0.1) is 0 Å². The van der Waals surface area contributed by atoms with Crippen LogP contribution in [0, 0.1) is 0 Å². The van der Waals surface area contributed by atoms with Gasteiger partial charge in [-0.1, -0.05) is 6.42 Å². The molecule has 88 valence electrons. The van der Waals surface area contributed by atoms with Crippen LogP contribution in [-0.4, -0.2) is 40.4 Å². The highest BCUT2D eigenvalue weighted by atomic mass is 16.1. The van der Waals surface area contributed by atoms with Gasteiger partial charge in [-0.05, 0) is 32.9 Å². The van der Waals surface area contributed by atoms with E-state index in [1.54, 1.807) is 6.20 Å². The summed E-state index contributed by atoms with van der Waals surface area (Å²) in [6.07, 6.45) is 9.43. The molecule has 0 aliphatic carbocycles. The van der Waals surface area contributed by atoms with Crippen LogP contribution in [0.25, 0.3) is 0 Å². The van der Waals surface area contributed by atoms with Crippen LogP contribution >= 0.6 is 0 Å². The Morgan fingerprint density at radius 1 is 1.56 bits per heavy atom. The number of piperidine rings is 1. The first-order chi connectivity index (χ1) is 7.81. The lowest BCUT2D eigenvalue weighted by molar-refractivity contribution is 0.110. The first-order valence-electron chi connectivity index (χ1n) is 5.98. The largest absolute Gasteiger partial charge is 0.329 e. The lowest BCUT2D eigenvalue weighted by Crippen LogP contribution is -2.36. The Bertz CT molecular complexity index is 348. The Morgan fingerprint density at radius 3 is 3.19 bits per heavy atom. The maximum atomic E-state index is 10.7. The third-order valence-corrected chi connectivity index (χ3v) is 3.48. The molecule has 1 fully saturated rings. The van der Waals surface area contributed by atoms with E-state index in [2.05, 4.69) is 16.9 Å². The molecule has 0 amide bonds. The van der Waals surface area contributed by atoms with Gasteiger partial charge >= 0.3 is 0 Å². The van der Waals surface area contributed by atoms with Crippen LogP contribution < -0.4 is 0 Å². The predicted molar refractivity (Wildman–Crippen MR) is 62.5 cm³/mol. The van der Waals surface area contributed by atoms with Gasteiger partial charge in [0.25, 0.3) is 0 Å². The van der Waals surface area contributed by atoms with Gasteiger partial charge in [-0.25, -0.2) is 4.98 Å². The van der Waals surface area contributed by atoms with Crippen molar-refractivity contribution in [3.8, 4) is 0 Å².